The van der Waals surface area contributed by atoms with Gasteiger partial charge in [-0.3, -0.25) is 4.90 Å². The maximum atomic E-state index is 9.37. The molecule has 5 nitrogen and oxygen atoms in total. The predicted octanol–water partition coefficient (Wildman–Crippen LogP) is 4.60. The molecule has 1 N–H and O–H groups in total. The zero-order valence-corrected chi connectivity index (χ0v) is 16.1. The summed E-state index contributed by atoms with van der Waals surface area (Å²) < 4.78 is 58.9. The van der Waals surface area contributed by atoms with Crippen molar-refractivity contribution >= 4 is 39.0 Å². The van der Waals surface area contributed by atoms with Gasteiger partial charge in [-0.1, -0.05) is 23.7 Å². The number of aryl methyl sites for hydroxylation is 1. The molecule has 27 heavy (non-hydrogen) atoms. The molecule has 0 spiro atoms. The molecule has 1 aromatic carbocycles. The summed E-state index contributed by atoms with van der Waals surface area (Å²) in [4.78, 5) is 9.96. The van der Waals surface area contributed by atoms with E-state index in [-0.39, 0.29) is 64.8 Å². The Morgan fingerprint density at radius 3 is 3.07 bits per heavy atom. The molecule has 0 bridgehead atoms. The Kier molecular flexibility index (Phi) is 3.36. The molecule has 7 heteroatoms. The van der Waals surface area contributed by atoms with Gasteiger partial charge in [-0.2, -0.15) is 5.26 Å². The van der Waals surface area contributed by atoms with Gasteiger partial charge in [0.15, 0.2) is 1.41 Å². The minimum absolute atomic E-state index is 0.0151. The van der Waals surface area contributed by atoms with Crippen LogP contribution in [-0.4, -0.2) is 34.0 Å². The first kappa shape index (κ1) is 11.6. The average molecular weight is 405 g/mol. The van der Waals surface area contributed by atoms with Crippen molar-refractivity contribution in [3.8, 4) is 6.07 Å². The highest BCUT2D eigenvalue weighted by molar-refractivity contribution is 7.22. The number of likely N-dealkylation sites (tertiary alicyclic amines) is 1. The lowest BCUT2D eigenvalue weighted by Gasteiger charge is -2.32. The molecule has 0 radical (unpaired) electrons. The lowest BCUT2D eigenvalue weighted by molar-refractivity contribution is 0.211. The Balaban J connectivity index is 1.59. The minimum atomic E-state index is -2.14. The van der Waals surface area contributed by atoms with Gasteiger partial charge in [0, 0.05) is 28.4 Å². The molecule has 0 amide bonds. The molecule has 1 aliphatic heterocycles. The van der Waals surface area contributed by atoms with Gasteiger partial charge in [-0.15, -0.1) is 11.3 Å². The number of aromatic nitrogens is 2. The van der Waals surface area contributed by atoms with Gasteiger partial charge >= 0.3 is 0 Å². The van der Waals surface area contributed by atoms with Crippen molar-refractivity contribution in [2.45, 2.75) is 32.3 Å². The maximum absolute atomic E-state index is 9.37. The summed E-state index contributed by atoms with van der Waals surface area (Å²) in [7, 11) is 0. The van der Waals surface area contributed by atoms with Gasteiger partial charge in [-0.25, -0.2) is 9.97 Å². The SMILES string of the molecule is [2H]c1nc(N([2H])C2CCN(C([2H])([2H])c3c([2H])cc(C)c(C#N)c3[2H])CC2)c2c([2H])c(Cl)sc2n1. The molecule has 3 heterocycles. The van der Waals surface area contributed by atoms with Gasteiger partial charge in [-0.05, 0) is 43.0 Å². The van der Waals surface area contributed by atoms with Crippen molar-refractivity contribution in [3.05, 3.63) is 51.5 Å². The van der Waals surface area contributed by atoms with Crippen LogP contribution in [0.25, 0.3) is 10.2 Å². The van der Waals surface area contributed by atoms with Crippen LogP contribution in [0.15, 0.2) is 30.5 Å². The number of hydrogen-bond acceptors (Lipinski definition) is 6. The monoisotopic (exact) mass is 404 g/mol. The van der Waals surface area contributed by atoms with Gasteiger partial charge in [0.25, 0.3) is 0 Å². The Hall–Kier alpha value is -2.20. The summed E-state index contributed by atoms with van der Waals surface area (Å²) in [5, 5.41) is 10.8. The fraction of sp³-hybridized carbons (Fsp3) is 0.350. The number of nitriles is 1. The van der Waals surface area contributed by atoms with E-state index < -0.39 is 6.50 Å². The molecule has 1 saturated heterocycles. The number of nitrogens with zero attached hydrogens (tertiary/aromatic N) is 4. The van der Waals surface area contributed by atoms with E-state index in [1.807, 2.05) is 6.07 Å². The summed E-state index contributed by atoms with van der Waals surface area (Å²) in [5.74, 6) is 0.128. The molecule has 3 aromatic rings. The normalized spacial score (nSPS) is 20.0. The third-order valence-corrected chi connectivity index (χ3v) is 5.48. The van der Waals surface area contributed by atoms with Crippen LogP contribution in [0.2, 0.25) is 5.75 Å². The first-order valence-corrected chi connectivity index (χ1v) is 9.64. The van der Waals surface area contributed by atoms with E-state index in [1.165, 1.54) is 11.0 Å². The van der Waals surface area contributed by atoms with E-state index in [1.54, 1.807) is 6.92 Å². The Morgan fingerprint density at radius 1 is 1.48 bits per heavy atom. The summed E-state index contributed by atoms with van der Waals surface area (Å²) in [6.45, 7) is -0.0434. The number of fused-ring (bicyclic) bond motifs is 1. The number of rotatable bonds is 4. The third kappa shape index (κ3) is 4.06. The maximum Gasteiger partial charge on any atom is 0.162 e. The lowest BCUT2D eigenvalue weighted by Crippen LogP contribution is -2.38. The highest BCUT2D eigenvalue weighted by Gasteiger charge is 2.20. The molecule has 0 unspecified atom stereocenters. The number of nitrogens with one attached hydrogen (secondary N) is 1. The fourth-order valence-electron chi connectivity index (χ4n) is 2.94. The number of anilines is 1. The number of benzene rings is 1. The van der Waals surface area contributed by atoms with Crippen LogP contribution in [0, 0.1) is 18.3 Å². The van der Waals surface area contributed by atoms with E-state index in [9.17, 15) is 5.26 Å². The van der Waals surface area contributed by atoms with Crippen LogP contribution >= 0.6 is 22.9 Å². The molecular formula is C20H20ClN5S. The third-order valence-electron chi connectivity index (χ3n) is 4.38. The van der Waals surface area contributed by atoms with Crippen LogP contribution in [0.3, 0.4) is 0 Å². The second-order valence-electron chi connectivity index (χ2n) is 6.25. The second-order valence-corrected chi connectivity index (χ2v) is 7.85. The van der Waals surface area contributed by atoms with Crippen molar-refractivity contribution in [2.24, 2.45) is 0 Å². The van der Waals surface area contributed by atoms with E-state index in [4.69, 9.17) is 21.2 Å². The summed E-state index contributed by atoms with van der Waals surface area (Å²) >= 11 is 7.13. The fourth-order valence-corrected chi connectivity index (χ4v) is 3.90. The van der Waals surface area contributed by atoms with Crippen molar-refractivity contribution in [1.29, 1.82) is 5.26 Å². The van der Waals surface area contributed by atoms with Gasteiger partial charge in [0.2, 0.25) is 0 Å². The minimum Gasteiger partial charge on any atom is -0.367 e. The first-order valence-electron chi connectivity index (χ1n) is 11.9. The molecule has 2 aromatic heterocycles. The Labute approximate surface area is 177 Å². The topological polar surface area (TPSA) is 64.8 Å². The lowest BCUT2D eigenvalue weighted by atomic mass is 10.0. The zero-order valence-electron chi connectivity index (χ0n) is 21.5. The molecule has 0 saturated carbocycles. The van der Waals surface area contributed by atoms with Gasteiger partial charge < -0.3 is 5.31 Å². The number of piperidine rings is 1. The summed E-state index contributed by atoms with van der Waals surface area (Å²) in [6, 6.07) is 2.60. The van der Waals surface area contributed by atoms with Crippen molar-refractivity contribution < 1.29 is 9.64 Å². The van der Waals surface area contributed by atoms with Crippen molar-refractivity contribution in [3.63, 3.8) is 0 Å². The first-order chi connectivity index (χ1) is 16.0. The summed E-state index contributed by atoms with van der Waals surface area (Å²) in [6.07, 6.45) is 0.486. The number of halogens is 1. The van der Waals surface area contributed by atoms with Crippen molar-refractivity contribution in [2.75, 3.05) is 18.4 Å². The predicted molar refractivity (Wildman–Crippen MR) is 110 cm³/mol. The molecular weight excluding hydrogens is 378 g/mol. The van der Waals surface area contributed by atoms with Crippen LogP contribution in [0.5, 0.6) is 0 Å². The molecule has 0 atom stereocenters. The number of hydrogen-bond donors (Lipinski definition) is 1. The highest BCUT2D eigenvalue weighted by Crippen LogP contribution is 2.32. The molecule has 0 aliphatic carbocycles. The smallest absolute Gasteiger partial charge is 0.162 e. The van der Waals surface area contributed by atoms with E-state index in [0.29, 0.717) is 28.6 Å². The van der Waals surface area contributed by atoms with Crippen LogP contribution in [0.4, 0.5) is 5.82 Å². The molecule has 4 rings (SSSR count). The average Bonchev–Trinajstić information content (AvgIpc) is 3.05. The standard InChI is InChI=1S/C20H20ClN5S/c1-13-2-3-14(8-15(13)10-22)11-26-6-4-16(5-7-26)25-19-17-9-18(21)27-20(17)24-12-23-19/h2-3,8-9,12,16H,4-7,11H2,1H3,(H,23,24,25)/i3D,8D,9D,11D2,12D/hD. The van der Waals surface area contributed by atoms with E-state index >= 15 is 0 Å². The van der Waals surface area contributed by atoms with E-state index in [2.05, 4.69) is 9.97 Å². The zero-order chi connectivity index (χ0) is 24.9. The molecule has 1 aliphatic rings. The van der Waals surface area contributed by atoms with Gasteiger partial charge in [0.1, 0.15) is 18.3 Å². The highest BCUT2D eigenvalue weighted by atomic mass is 35.5. The van der Waals surface area contributed by atoms with Gasteiger partial charge in [0.05, 0.1) is 25.5 Å². The second kappa shape index (κ2) is 7.81. The Bertz CT molecular complexity index is 1320. The van der Waals surface area contributed by atoms with E-state index in [0.717, 1.165) is 16.6 Å². The largest absolute Gasteiger partial charge is 0.367 e. The van der Waals surface area contributed by atoms with Crippen LogP contribution < -0.4 is 5.31 Å². The van der Waals surface area contributed by atoms with Crippen LogP contribution in [-0.2, 0) is 6.50 Å². The number of thiophene rings is 1. The summed E-state index contributed by atoms with van der Waals surface area (Å²) in [5.41, 5.74) is 0.383. The quantitative estimate of drug-likeness (QED) is 0.688. The Morgan fingerprint density at radius 2 is 2.30 bits per heavy atom. The molecule has 1 fully saturated rings. The molecule has 138 valence electrons. The van der Waals surface area contributed by atoms with Crippen LogP contribution in [0.1, 0.15) is 37.8 Å². The van der Waals surface area contributed by atoms with Crippen molar-refractivity contribution in [1.82, 2.24) is 14.9 Å².